The average Bonchev–Trinajstić information content (AvgIpc) is 2.71. The number of nitrogens with two attached hydrogens (primary N) is 1. The van der Waals surface area contributed by atoms with Crippen LogP contribution in [0.15, 0.2) is 0 Å². The zero-order valence-corrected chi connectivity index (χ0v) is 12.8. The van der Waals surface area contributed by atoms with E-state index in [1.54, 1.807) is 20.8 Å². The van der Waals surface area contributed by atoms with Gasteiger partial charge in [0.25, 0.3) is 0 Å². The summed E-state index contributed by atoms with van der Waals surface area (Å²) >= 11 is 0. The second kappa shape index (κ2) is 6.92. The molecule has 0 aliphatic carbocycles. The lowest BCUT2D eigenvalue weighted by Gasteiger charge is -2.27. The summed E-state index contributed by atoms with van der Waals surface area (Å²) in [6, 6.07) is -0.642. The molecule has 1 aliphatic heterocycles. The van der Waals surface area contributed by atoms with E-state index >= 15 is 0 Å². The predicted molar refractivity (Wildman–Crippen MR) is 75.2 cm³/mol. The van der Waals surface area contributed by atoms with Gasteiger partial charge >= 0.3 is 6.09 Å². The Morgan fingerprint density at radius 1 is 1.35 bits per heavy atom. The number of primary amides is 1. The van der Waals surface area contributed by atoms with Crippen LogP contribution in [0.1, 0.15) is 47.0 Å². The summed E-state index contributed by atoms with van der Waals surface area (Å²) in [4.78, 5) is 24.9. The maximum absolute atomic E-state index is 12.1. The van der Waals surface area contributed by atoms with Crippen molar-refractivity contribution in [2.24, 2.45) is 5.73 Å². The molecule has 0 aromatic rings. The summed E-state index contributed by atoms with van der Waals surface area (Å²) in [6.45, 7) is 8.43. The number of carbonyl (C=O) groups excluding carboxylic acids is 2. The first-order chi connectivity index (χ1) is 9.24. The van der Waals surface area contributed by atoms with Crippen molar-refractivity contribution in [2.75, 3.05) is 13.2 Å². The third-order valence-corrected chi connectivity index (χ3v) is 3.07. The van der Waals surface area contributed by atoms with Gasteiger partial charge in [0, 0.05) is 13.0 Å². The summed E-state index contributed by atoms with van der Waals surface area (Å²) in [6.07, 6.45) is 1.79. The number of likely N-dealkylation sites (tertiary alicyclic amines) is 1. The zero-order chi connectivity index (χ0) is 15.3. The molecular weight excluding hydrogens is 260 g/mol. The number of unbranched alkanes of at least 4 members (excludes halogenated alkanes) is 1. The van der Waals surface area contributed by atoms with Crippen molar-refractivity contribution in [3.8, 4) is 0 Å². The molecule has 20 heavy (non-hydrogen) atoms. The molecule has 0 aromatic carbocycles. The van der Waals surface area contributed by atoms with Crippen molar-refractivity contribution in [1.82, 2.24) is 4.90 Å². The molecule has 1 saturated heterocycles. The Morgan fingerprint density at radius 3 is 2.50 bits per heavy atom. The van der Waals surface area contributed by atoms with Crippen molar-refractivity contribution >= 4 is 12.0 Å². The van der Waals surface area contributed by atoms with Gasteiger partial charge in [0.15, 0.2) is 0 Å². The summed E-state index contributed by atoms with van der Waals surface area (Å²) in [5, 5.41) is 0. The van der Waals surface area contributed by atoms with E-state index < -0.39 is 23.6 Å². The van der Waals surface area contributed by atoms with Gasteiger partial charge in [-0.05, 0) is 27.2 Å². The minimum Gasteiger partial charge on any atom is -0.444 e. The number of ether oxygens (including phenoxy) is 2. The highest BCUT2D eigenvalue weighted by Gasteiger charge is 2.40. The molecule has 0 saturated carbocycles. The van der Waals surface area contributed by atoms with Gasteiger partial charge < -0.3 is 15.2 Å². The van der Waals surface area contributed by atoms with E-state index in [1.807, 2.05) is 0 Å². The molecule has 1 rings (SSSR count). The minimum atomic E-state index is -0.642. The van der Waals surface area contributed by atoms with Gasteiger partial charge in [0.2, 0.25) is 5.91 Å². The third-order valence-electron chi connectivity index (χ3n) is 3.07. The van der Waals surface area contributed by atoms with Gasteiger partial charge in [0.1, 0.15) is 11.6 Å². The standard InChI is InChI=1S/C14H26N2O4/c1-5-6-7-19-10-8-11(12(15)17)16(9-10)13(18)20-14(2,3)4/h10-11H,5-9H2,1-4H3,(H2,15,17)/t10-,11+/m1/s1. The van der Waals surface area contributed by atoms with Crippen LogP contribution in [0.25, 0.3) is 0 Å². The van der Waals surface area contributed by atoms with Crippen molar-refractivity contribution < 1.29 is 19.1 Å². The molecule has 2 atom stereocenters. The number of rotatable bonds is 5. The summed E-state index contributed by atoms with van der Waals surface area (Å²) in [5.74, 6) is -0.516. The lowest BCUT2D eigenvalue weighted by molar-refractivity contribution is -0.122. The van der Waals surface area contributed by atoms with E-state index in [1.165, 1.54) is 4.90 Å². The van der Waals surface area contributed by atoms with Crippen LogP contribution in [-0.4, -0.2) is 47.8 Å². The Labute approximate surface area is 120 Å². The molecule has 1 heterocycles. The topological polar surface area (TPSA) is 81.9 Å². The molecule has 6 nitrogen and oxygen atoms in total. The molecule has 2 N–H and O–H groups in total. The molecule has 0 unspecified atom stereocenters. The number of amides is 2. The van der Waals surface area contributed by atoms with E-state index in [0.717, 1.165) is 12.8 Å². The van der Waals surface area contributed by atoms with Crippen LogP contribution in [0.5, 0.6) is 0 Å². The maximum atomic E-state index is 12.1. The molecule has 0 radical (unpaired) electrons. The Morgan fingerprint density at radius 2 is 2.00 bits per heavy atom. The highest BCUT2D eigenvalue weighted by molar-refractivity contribution is 5.85. The van der Waals surface area contributed by atoms with E-state index in [9.17, 15) is 9.59 Å². The summed E-state index contributed by atoms with van der Waals surface area (Å²) < 4.78 is 11.0. The third kappa shape index (κ3) is 5.00. The fourth-order valence-corrected chi connectivity index (χ4v) is 2.10. The molecule has 0 bridgehead atoms. The number of carbonyl (C=O) groups is 2. The molecule has 0 spiro atoms. The van der Waals surface area contributed by atoms with Gasteiger partial charge in [-0.2, -0.15) is 0 Å². The van der Waals surface area contributed by atoms with Crippen LogP contribution in [0.4, 0.5) is 4.79 Å². The Kier molecular flexibility index (Phi) is 5.80. The maximum Gasteiger partial charge on any atom is 0.411 e. The number of hydrogen-bond acceptors (Lipinski definition) is 4. The van der Waals surface area contributed by atoms with Crippen LogP contribution >= 0.6 is 0 Å². The highest BCUT2D eigenvalue weighted by atomic mass is 16.6. The van der Waals surface area contributed by atoms with Crippen molar-refractivity contribution in [1.29, 1.82) is 0 Å². The first kappa shape index (κ1) is 16.8. The Hall–Kier alpha value is -1.30. The predicted octanol–water partition coefficient (Wildman–Crippen LogP) is 1.67. The van der Waals surface area contributed by atoms with E-state index in [4.69, 9.17) is 15.2 Å². The minimum absolute atomic E-state index is 0.147. The molecule has 1 fully saturated rings. The summed E-state index contributed by atoms with van der Waals surface area (Å²) in [7, 11) is 0. The Bertz CT molecular complexity index is 352. The first-order valence-electron chi connectivity index (χ1n) is 7.15. The smallest absolute Gasteiger partial charge is 0.411 e. The largest absolute Gasteiger partial charge is 0.444 e. The van der Waals surface area contributed by atoms with Gasteiger partial charge in [-0.25, -0.2) is 4.79 Å². The van der Waals surface area contributed by atoms with Crippen LogP contribution in [0.2, 0.25) is 0 Å². The fraction of sp³-hybridized carbons (Fsp3) is 0.857. The average molecular weight is 286 g/mol. The molecule has 0 aromatic heterocycles. The molecule has 1 aliphatic rings. The quantitative estimate of drug-likeness (QED) is 0.779. The Balaban J connectivity index is 2.63. The van der Waals surface area contributed by atoms with Crippen LogP contribution in [0, 0.1) is 0 Å². The molecule has 2 amide bonds. The molecular formula is C14H26N2O4. The van der Waals surface area contributed by atoms with Gasteiger partial charge in [-0.15, -0.1) is 0 Å². The van der Waals surface area contributed by atoms with Gasteiger partial charge in [-0.1, -0.05) is 13.3 Å². The zero-order valence-electron chi connectivity index (χ0n) is 12.8. The van der Waals surface area contributed by atoms with Crippen molar-refractivity contribution in [3.05, 3.63) is 0 Å². The van der Waals surface area contributed by atoms with Crippen LogP contribution < -0.4 is 5.73 Å². The van der Waals surface area contributed by atoms with E-state index in [0.29, 0.717) is 19.6 Å². The molecule has 116 valence electrons. The highest BCUT2D eigenvalue weighted by Crippen LogP contribution is 2.23. The van der Waals surface area contributed by atoms with Crippen molar-refractivity contribution in [2.45, 2.75) is 64.7 Å². The normalized spacial score (nSPS) is 22.9. The monoisotopic (exact) mass is 286 g/mol. The second-order valence-corrected chi connectivity index (χ2v) is 6.13. The van der Waals surface area contributed by atoms with Gasteiger partial charge in [-0.3, -0.25) is 9.69 Å². The summed E-state index contributed by atoms with van der Waals surface area (Å²) in [5.41, 5.74) is 4.77. The van der Waals surface area contributed by atoms with E-state index in [-0.39, 0.29) is 6.10 Å². The van der Waals surface area contributed by atoms with Crippen LogP contribution in [0.3, 0.4) is 0 Å². The second-order valence-electron chi connectivity index (χ2n) is 6.13. The van der Waals surface area contributed by atoms with Gasteiger partial charge in [0.05, 0.1) is 12.6 Å². The van der Waals surface area contributed by atoms with E-state index in [2.05, 4.69) is 6.92 Å². The lowest BCUT2D eigenvalue weighted by atomic mass is 10.2. The molecule has 6 heteroatoms. The number of hydrogen-bond donors (Lipinski definition) is 1. The van der Waals surface area contributed by atoms with Crippen molar-refractivity contribution in [3.63, 3.8) is 0 Å². The fourth-order valence-electron chi connectivity index (χ4n) is 2.10. The van der Waals surface area contributed by atoms with Crippen LogP contribution in [-0.2, 0) is 14.3 Å². The number of nitrogens with zero attached hydrogens (tertiary/aromatic N) is 1. The SMILES string of the molecule is CCCCO[C@@H]1C[C@@H](C(N)=O)N(C(=O)OC(C)(C)C)C1. The lowest BCUT2D eigenvalue weighted by Crippen LogP contribution is -2.45. The first-order valence-corrected chi connectivity index (χ1v) is 7.15.